The van der Waals surface area contributed by atoms with Crippen molar-refractivity contribution in [3.05, 3.63) is 83.2 Å². The highest BCUT2D eigenvalue weighted by Gasteiger charge is 2.46. The quantitative estimate of drug-likeness (QED) is 0.549. The van der Waals surface area contributed by atoms with Gasteiger partial charge in [0, 0.05) is 29.3 Å². The van der Waals surface area contributed by atoms with Crippen LogP contribution in [-0.2, 0) is 15.0 Å². The Hall–Kier alpha value is -3.78. The first-order valence-electron chi connectivity index (χ1n) is 11.1. The molecule has 0 aliphatic carbocycles. The molecule has 172 valence electrons. The SMILES string of the molecule is NC1=N[C@@]2(CCO1)c1cc(-c3cccnc3F)ccc1Oc1c(F)cc(C3=CCCOC3)cc12. The van der Waals surface area contributed by atoms with Crippen molar-refractivity contribution in [3.8, 4) is 22.6 Å². The number of aromatic nitrogens is 1. The number of ether oxygens (including phenoxy) is 3. The van der Waals surface area contributed by atoms with Crippen molar-refractivity contribution in [2.24, 2.45) is 10.7 Å². The van der Waals surface area contributed by atoms with Gasteiger partial charge < -0.3 is 19.9 Å². The van der Waals surface area contributed by atoms with Crippen molar-refractivity contribution in [3.63, 3.8) is 0 Å². The number of rotatable bonds is 2. The van der Waals surface area contributed by atoms with Gasteiger partial charge in [-0.2, -0.15) is 4.39 Å². The molecule has 0 unspecified atom stereocenters. The Morgan fingerprint density at radius 3 is 2.68 bits per heavy atom. The summed E-state index contributed by atoms with van der Waals surface area (Å²) in [6.07, 6.45) is 4.63. The van der Waals surface area contributed by atoms with Crippen molar-refractivity contribution in [1.82, 2.24) is 4.98 Å². The van der Waals surface area contributed by atoms with E-state index < -0.39 is 17.3 Å². The number of fused-ring (bicyclic) bond motifs is 4. The molecule has 34 heavy (non-hydrogen) atoms. The zero-order valence-corrected chi connectivity index (χ0v) is 18.2. The van der Waals surface area contributed by atoms with Gasteiger partial charge in [-0.3, -0.25) is 0 Å². The van der Waals surface area contributed by atoms with Gasteiger partial charge in [0.15, 0.2) is 11.6 Å². The highest BCUT2D eigenvalue weighted by atomic mass is 19.1. The van der Waals surface area contributed by atoms with Gasteiger partial charge in [0.1, 0.15) is 11.3 Å². The van der Waals surface area contributed by atoms with Crippen LogP contribution < -0.4 is 10.5 Å². The van der Waals surface area contributed by atoms with Gasteiger partial charge in [0.25, 0.3) is 6.02 Å². The Morgan fingerprint density at radius 1 is 1.00 bits per heavy atom. The molecule has 0 saturated heterocycles. The van der Waals surface area contributed by atoms with E-state index in [0.717, 1.165) is 12.0 Å². The molecule has 3 aliphatic rings. The van der Waals surface area contributed by atoms with E-state index in [1.54, 1.807) is 24.3 Å². The van der Waals surface area contributed by atoms with Crippen LogP contribution in [0.25, 0.3) is 16.7 Å². The predicted molar refractivity (Wildman–Crippen MR) is 122 cm³/mol. The maximum atomic E-state index is 15.5. The minimum atomic E-state index is -1.05. The molecule has 0 bridgehead atoms. The van der Waals surface area contributed by atoms with E-state index in [4.69, 9.17) is 24.9 Å². The van der Waals surface area contributed by atoms with E-state index in [1.807, 2.05) is 12.1 Å². The summed E-state index contributed by atoms with van der Waals surface area (Å²) in [5.41, 5.74) is 8.77. The summed E-state index contributed by atoms with van der Waals surface area (Å²) >= 11 is 0. The number of benzene rings is 2. The van der Waals surface area contributed by atoms with E-state index in [1.165, 1.54) is 12.3 Å². The van der Waals surface area contributed by atoms with Crippen LogP contribution in [-0.4, -0.2) is 30.8 Å². The number of halogens is 2. The van der Waals surface area contributed by atoms with E-state index in [-0.39, 0.29) is 18.4 Å². The first kappa shape index (κ1) is 20.8. The first-order valence-corrected chi connectivity index (χ1v) is 11.1. The molecule has 1 spiro atoms. The highest BCUT2D eigenvalue weighted by molar-refractivity contribution is 5.77. The van der Waals surface area contributed by atoms with Gasteiger partial charge in [0.2, 0.25) is 5.95 Å². The summed E-state index contributed by atoms with van der Waals surface area (Å²) in [6, 6.07) is 11.9. The summed E-state index contributed by atoms with van der Waals surface area (Å²) in [7, 11) is 0. The zero-order valence-electron chi connectivity index (χ0n) is 18.2. The van der Waals surface area contributed by atoms with Crippen molar-refractivity contribution < 1.29 is 23.0 Å². The van der Waals surface area contributed by atoms with Crippen LogP contribution in [0.15, 0.2) is 59.7 Å². The van der Waals surface area contributed by atoms with E-state index >= 15 is 4.39 Å². The lowest BCUT2D eigenvalue weighted by molar-refractivity contribution is 0.164. The lowest BCUT2D eigenvalue weighted by atomic mass is 9.76. The van der Waals surface area contributed by atoms with Crippen molar-refractivity contribution in [2.75, 3.05) is 19.8 Å². The summed E-state index contributed by atoms with van der Waals surface area (Å²) in [4.78, 5) is 8.47. The largest absolute Gasteiger partial charge is 0.465 e. The lowest BCUT2D eigenvalue weighted by Gasteiger charge is -2.40. The van der Waals surface area contributed by atoms with Crippen molar-refractivity contribution >= 4 is 11.6 Å². The molecule has 1 aromatic heterocycles. The second-order valence-electron chi connectivity index (χ2n) is 8.47. The number of hydrogen-bond acceptors (Lipinski definition) is 6. The molecule has 6 rings (SSSR count). The van der Waals surface area contributed by atoms with Crippen molar-refractivity contribution in [2.45, 2.75) is 18.4 Å². The van der Waals surface area contributed by atoms with Crippen molar-refractivity contribution in [1.29, 1.82) is 0 Å². The molecule has 1 atom stereocenters. The van der Waals surface area contributed by atoms with Gasteiger partial charge in [0.05, 0.1) is 19.8 Å². The maximum absolute atomic E-state index is 15.5. The van der Waals surface area contributed by atoms with Crippen LogP contribution >= 0.6 is 0 Å². The summed E-state index contributed by atoms with van der Waals surface area (Å²) in [5, 5.41) is 0. The molecule has 0 saturated carbocycles. The highest BCUT2D eigenvalue weighted by Crippen LogP contribution is 2.54. The molecule has 0 radical (unpaired) electrons. The van der Waals surface area contributed by atoms with Crippen LogP contribution in [0.1, 0.15) is 29.5 Å². The Bertz CT molecular complexity index is 1370. The first-order chi connectivity index (χ1) is 16.5. The third-order valence-electron chi connectivity index (χ3n) is 6.49. The Balaban J connectivity index is 1.59. The van der Waals surface area contributed by atoms with Gasteiger partial charge in [-0.1, -0.05) is 12.1 Å². The Labute approximate surface area is 194 Å². The van der Waals surface area contributed by atoms with Crippen LogP contribution in [0.3, 0.4) is 0 Å². The van der Waals surface area contributed by atoms with E-state index in [9.17, 15) is 4.39 Å². The fourth-order valence-corrected chi connectivity index (χ4v) is 4.88. The molecule has 0 fully saturated rings. The number of nitrogens with zero attached hydrogens (tertiary/aromatic N) is 2. The summed E-state index contributed by atoms with van der Waals surface area (Å²) in [5.74, 6) is -0.536. The molecule has 2 aromatic carbocycles. The molecule has 4 heterocycles. The second kappa shape index (κ2) is 7.92. The van der Waals surface area contributed by atoms with Crippen LogP contribution in [0.4, 0.5) is 8.78 Å². The maximum Gasteiger partial charge on any atom is 0.283 e. The monoisotopic (exact) mass is 461 g/mol. The van der Waals surface area contributed by atoms with E-state index in [2.05, 4.69) is 11.1 Å². The molecule has 2 N–H and O–H groups in total. The normalized spacial score (nSPS) is 21.0. The Morgan fingerprint density at radius 2 is 1.88 bits per heavy atom. The fraction of sp³-hybridized carbons (Fsp3) is 0.231. The molecule has 6 nitrogen and oxygen atoms in total. The molecular weight excluding hydrogens is 440 g/mol. The van der Waals surface area contributed by atoms with Crippen LogP contribution in [0, 0.1) is 11.8 Å². The molecule has 8 heteroatoms. The molecular formula is C26H21F2N3O3. The smallest absolute Gasteiger partial charge is 0.283 e. The third kappa shape index (κ3) is 3.25. The second-order valence-corrected chi connectivity index (χ2v) is 8.47. The fourth-order valence-electron chi connectivity index (χ4n) is 4.88. The van der Waals surface area contributed by atoms with Gasteiger partial charge in [-0.05, 0) is 59.5 Å². The van der Waals surface area contributed by atoms with Gasteiger partial charge in [-0.25, -0.2) is 14.4 Å². The third-order valence-corrected chi connectivity index (χ3v) is 6.49. The topological polar surface area (TPSA) is 79.0 Å². The molecule has 0 amide bonds. The number of hydrogen-bond donors (Lipinski definition) is 1. The average Bonchev–Trinajstić information content (AvgIpc) is 2.86. The number of pyridine rings is 1. The lowest BCUT2D eigenvalue weighted by Crippen LogP contribution is -2.39. The number of aliphatic imine (C=N–C) groups is 1. The molecule has 3 aliphatic heterocycles. The minimum Gasteiger partial charge on any atom is -0.465 e. The predicted octanol–water partition coefficient (Wildman–Crippen LogP) is 4.91. The summed E-state index contributed by atoms with van der Waals surface area (Å²) in [6.45, 7) is 1.34. The van der Waals surface area contributed by atoms with Gasteiger partial charge in [-0.15, -0.1) is 0 Å². The van der Waals surface area contributed by atoms with E-state index in [0.29, 0.717) is 53.2 Å². The Kier molecular flexibility index (Phi) is 4.84. The number of amidine groups is 1. The summed E-state index contributed by atoms with van der Waals surface area (Å²) < 4.78 is 47.0. The van der Waals surface area contributed by atoms with Crippen LogP contribution in [0.5, 0.6) is 11.5 Å². The van der Waals surface area contributed by atoms with Gasteiger partial charge >= 0.3 is 0 Å². The average molecular weight is 461 g/mol. The van der Waals surface area contributed by atoms with Crippen LogP contribution in [0.2, 0.25) is 0 Å². The zero-order chi connectivity index (χ0) is 23.3. The minimum absolute atomic E-state index is 0.00837. The number of nitrogens with two attached hydrogens (primary N) is 1. The standard InChI is InChI=1S/C26H21F2N3O3/c27-21-13-17(16-3-2-9-32-14-16)12-20-23(21)34-22-6-5-15(18-4-1-8-30-24(18)28)11-19(22)26(20)7-10-33-25(29)31-26/h1,3-6,8,11-13H,2,7,9-10,14H2,(H2,29,31)/t26-/m0/s1. The molecule has 3 aromatic rings.